The van der Waals surface area contributed by atoms with Gasteiger partial charge < -0.3 is 20.6 Å². The molecule has 1 fully saturated rings. The minimum atomic E-state index is -1.25. The zero-order valence-corrected chi connectivity index (χ0v) is 21.4. The van der Waals surface area contributed by atoms with Crippen molar-refractivity contribution in [1.82, 2.24) is 35.4 Å². The normalized spacial score (nSPS) is 18.8. The highest BCUT2D eigenvalue weighted by Crippen LogP contribution is 2.41. The smallest absolute Gasteiger partial charge is 0.352 e. The fourth-order valence-electron chi connectivity index (χ4n) is 3.57. The third-order valence-corrected chi connectivity index (χ3v) is 7.69. The van der Waals surface area contributed by atoms with Crippen LogP contribution in [0.4, 0.5) is 5.82 Å². The minimum absolute atomic E-state index is 0.00955. The quantitative estimate of drug-likeness (QED) is 0.0581. The number of oxime groups is 1. The molecule has 0 aromatic carbocycles. The lowest BCUT2D eigenvalue weighted by Crippen LogP contribution is -2.71. The third kappa shape index (κ3) is 5.52. The van der Waals surface area contributed by atoms with Crippen LogP contribution in [0.25, 0.3) is 0 Å². The summed E-state index contributed by atoms with van der Waals surface area (Å²) in [5.41, 5.74) is 0.261. The second kappa shape index (κ2) is 11.9. The van der Waals surface area contributed by atoms with Crippen molar-refractivity contribution in [3.05, 3.63) is 47.8 Å². The van der Waals surface area contributed by atoms with E-state index in [0.717, 1.165) is 0 Å². The van der Waals surface area contributed by atoms with Crippen molar-refractivity contribution in [2.45, 2.75) is 16.6 Å². The number of aryl methyl sites for hydroxylation is 1. The van der Waals surface area contributed by atoms with E-state index in [4.69, 9.17) is 4.84 Å². The summed E-state index contributed by atoms with van der Waals surface area (Å²) >= 11 is 2.58. The monoisotopic (exact) mass is 559 g/mol. The molecule has 2 aliphatic heterocycles. The van der Waals surface area contributed by atoms with Crippen molar-refractivity contribution in [2.75, 3.05) is 23.4 Å². The Morgan fingerprint density at radius 2 is 2.24 bits per heavy atom. The molecule has 0 aliphatic carbocycles. The number of β-lactam (4-membered cyclic amide) rings is 1. The van der Waals surface area contributed by atoms with E-state index in [0.29, 0.717) is 22.9 Å². The molecule has 3 N–H and O–H groups in total. The largest absolute Gasteiger partial charge is 0.477 e. The molecule has 3 amide bonds. The molecule has 0 saturated carbocycles. The van der Waals surface area contributed by atoms with Gasteiger partial charge in [-0.25, -0.2) is 14.5 Å². The lowest BCUT2D eigenvalue weighted by molar-refractivity contribution is -0.150. The van der Waals surface area contributed by atoms with Crippen molar-refractivity contribution in [3.63, 3.8) is 0 Å². The number of thioether (sulfide) groups is 2. The van der Waals surface area contributed by atoms with Gasteiger partial charge >= 0.3 is 5.97 Å². The Bertz CT molecular complexity index is 1340. The van der Waals surface area contributed by atoms with E-state index in [2.05, 4.69) is 42.9 Å². The molecule has 4 rings (SSSR count). The summed E-state index contributed by atoms with van der Waals surface area (Å²) in [5.74, 6) is -1.82. The first kappa shape index (κ1) is 26.8. The van der Waals surface area contributed by atoms with E-state index in [-0.39, 0.29) is 35.3 Å². The van der Waals surface area contributed by atoms with Crippen LogP contribution in [0.2, 0.25) is 0 Å². The fourth-order valence-corrected chi connectivity index (χ4v) is 5.90. The molecule has 38 heavy (non-hydrogen) atoms. The standard InChI is InChI=1S/C21H21N9O6S2/c1-3-7-36-26-14(12-5-4-6-13(23-12)22-10-31)17(32)24-15-18(33)30-16(20(34)35)11(8-37-19(15)30)9-38-21-25-27-28-29(21)2/h3-6,10,15,19H,1,7-9H2,2H3,(H,24,32)(H,34,35)(H,22,23,31)/t15?,19-/m0/s1. The number of pyridine rings is 1. The third-order valence-electron chi connectivity index (χ3n) is 5.25. The number of rotatable bonds is 12. The lowest BCUT2D eigenvalue weighted by Gasteiger charge is -2.49. The first-order chi connectivity index (χ1) is 18.3. The molecule has 2 atom stereocenters. The summed E-state index contributed by atoms with van der Waals surface area (Å²) in [6.07, 6.45) is 1.86. The average Bonchev–Trinajstić information content (AvgIpc) is 3.32. The van der Waals surface area contributed by atoms with Gasteiger partial charge in [-0.15, -0.1) is 16.9 Å². The number of nitrogens with zero attached hydrogens (tertiary/aromatic N) is 7. The van der Waals surface area contributed by atoms with Gasteiger partial charge in [-0.05, 0) is 28.1 Å². The zero-order valence-electron chi connectivity index (χ0n) is 19.8. The predicted molar refractivity (Wildman–Crippen MR) is 136 cm³/mol. The highest BCUT2D eigenvalue weighted by molar-refractivity contribution is 8.01. The van der Waals surface area contributed by atoms with Crippen molar-refractivity contribution < 1.29 is 29.1 Å². The molecule has 4 heterocycles. The summed E-state index contributed by atoms with van der Waals surface area (Å²) in [7, 11) is 1.66. The summed E-state index contributed by atoms with van der Waals surface area (Å²) in [6.45, 7) is 3.53. The van der Waals surface area contributed by atoms with Crippen LogP contribution in [0.15, 0.2) is 52.4 Å². The Hall–Kier alpha value is -4.25. The number of nitrogens with one attached hydrogen (secondary N) is 2. The maximum atomic E-state index is 13.2. The number of anilines is 1. The number of hydrogen-bond donors (Lipinski definition) is 3. The van der Waals surface area contributed by atoms with Gasteiger partial charge in [0, 0.05) is 18.6 Å². The molecular formula is C21H21N9O6S2. The topological polar surface area (TPSA) is 194 Å². The molecule has 2 aromatic heterocycles. The van der Waals surface area contributed by atoms with Gasteiger partial charge in [-0.2, -0.15) is 0 Å². The number of carboxylic acids is 1. The number of carbonyl (C=O) groups excluding carboxylic acids is 3. The van der Waals surface area contributed by atoms with Crippen LogP contribution < -0.4 is 10.6 Å². The van der Waals surface area contributed by atoms with Crippen LogP contribution in [0, 0.1) is 0 Å². The molecule has 15 nitrogen and oxygen atoms in total. The molecule has 1 saturated heterocycles. The molecule has 17 heteroatoms. The molecule has 0 radical (unpaired) electrons. The van der Waals surface area contributed by atoms with Crippen LogP contribution in [0.5, 0.6) is 0 Å². The van der Waals surface area contributed by atoms with E-state index in [9.17, 15) is 24.3 Å². The second-order valence-electron chi connectivity index (χ2n) is 7.69. The van der Waals surface area contributed by atoms with Crippen molar-refractivity contribution >= 4 is 59.2 Å². The maximum absolute atomic E-state index is 13.2. The lowest BCUT2D eigenvalue weighted by atomic mass is 10.0. The van der Waals surface area contributed by atoms with E-state index in [1.54, 1.807) is 13.1 Å². The van der Waals surface area contributed by atoms with E-state index in [1.807, 2.05) is 0 Å². The summed E-state index contributed by atoms with van der Waals surface area (Å²) < 4.78 is 1.46. The Labute approximate surface area is 223 Å². The van der Waals surface area contributed by atoms with E-state index >= 15 is 0 Å². The van der Waals surface area contributed by atoms with Crippen LogP contribution in [0.3, 0.4) is 0 Å². The van der Waals surface area contributed by atoms with Crippen molar-refractivity contribution in [3.8, 4) is 0 Å². The molecule has 1 unspecified atom stereocenters. The van der Waals surface area contributed by atoms with Crippen LogP contribution >= 0.6 is 23.5 Å². The van der Waals surface area contributed by atoms with Gasteiger partial charge in [0.1, 0.15) is 35.2 Å². The van der Waals surface area contributed by atoms with Crippen molar-refractivity contribution in [1.29, 1.82) is 0 Å². The van der Waals surface area contributed by atoms with Gasteiger partial charge in [0.25, 0.3) is 11.8 Å². The fraction of sp³-hybridized carbons (Fsp3) is 0.286. The molecule has 2 aliphatic rings. The molecule has 2 aromatic rings. The number of amides is 3. The number of carboxylic acid groups (broad SMARTS) is 1. The second-order valence-corrected chi connectivity index (χ2v) is 9.73. The summed E-state index contributed by atoms with van der Waals surface area (Å²) in [5, 5.41) is 29.7. The Morgan fingerprint density at radius 3 is 2.92 bits per heavy atom. The zero-order chi connectivity index (χ0) is 27.2. The first-order valence-electron chi connectivity index (χ1n) is 10.9. The number of hydrogen-bond acceptors (Lipinski definition) is 12. The maximum Gasteiger partial charge on any atom is 0.352 e. The average molecular weight is 560 g/mol. The van der Waals surface area contributed by atoms with Crippen LogP contribution in [-0.2, 0) is 31.1 Å². The molecule has 198 valence electrons. The molecular weight excluding hydrogens is 538 g/mol. The Morgan fingerprint density at radius 1 is 1.42 bits per heavy atom. The minimum Gasteiger partial charge on any atom is -0.477 e. The number of aliphatic carboxylic acids is 1. The van der Waals surface area contributed by atoms with Crippen LogP contribution in [-0.4, -0.2) is 94.6 Å². The Balaban J connectivity index is 1.51. The van der Waals surface area contributed by atoms with Crippen LogP contribution in [0.1, 0.15) is 5.69 Å². The van der Waals surface area contributed by atoms with E-state index < -0.39 is 29.2 Å². The SMILES string of the molecule is C=CCON=C(C(=O)NC1C(=O)N2C(C(=O)O)=C(CSc3nnnn3C)CS[C@@H]12)c1cccc(NC=O)n1. The number of fused-ring (bicyclic) bond motifs is 1. The van der Waals surface area contributed by atoms with Crippen molar-refractivity contribution in [2.24, 2.45) is 12.2 Å². The molecule has 0 spiro atoms. The van der Waals surface area contributed by atoms with E-state index in [1.165, 1.54) is 51.3 Å². The van der Waals surface area contributed by atoms with Gasteiger partial charge in [-0.1, -0.05) is 35.6 Å². The van der Waals surface area contributed by atoms with Gasteiger partial charge in [-0.3, -0.25) is 19.3 Å². The van der Waals surface area contributed by atoms with Gasteiger partial charge in [0.05, 0.1) is 0 Å². The number of carbonyl (C=O) groups is 4. The summed E-state index contributed by atoms with van der Waals surface area (Å²) in [4.78, 5) is 59.5. The van der Waals surface area contributed by atoms with Gasteiger partial charge in [0.15, 0.2) is 5.71 Å². The molecule has 0 bridgehead atoms. The highest BCUT2D eigenvalue weighted by Gasteiger charge is 2.54. The first-order valence-corrected chi connectivity index (χ1v) is 12.9. The highest BCUT2D eigenvalue weighted by atomic mass is 32.2. The number of aromatic nitrogens is 5. The Kier molecular flexibility index (Phi) is 8.37. The number of tetrazole rings is 1. The predicted octanol–water partition coefficient (Wildman–Crippen LogP) is -0.389. The van der Waals surface area contributed by atoms with Gasteiger partial charge in [0.2, 0.25) is 11.6 Å². The summed E-state index contributed by atoms with van der Waals surface area (Å²) in [6, 6.07) is 3.55.